The van der Waals surface area contributed by atoms with Crippen LogP contribution in [-0.4, -0.2) is 26.7 Å². The lowest BCUT2D eigenvalue weighted by molar-refractivity contribution is -0.137. The standard InChI is InChI=1S/C17H16F3NO4S/c18-17(19,20)13-2-1-3-14(9-13)26(23,24)21-10-15(22)11-4-5-16-12(8-11)6-7-25-16/h1-5,8-9,15,21-22H,6-7,10H2. The molecule has 0 radical (unpaired) electrons. The zero-order valence-electron chi connectivity index (χ0n) is 13.5. The van der Waals surface area contributed by atoms with E-state index in [0.29, 0.717) is 24.7 Å². The zero-order valence-corrected chi connectivity index (χ0v) is 14.3. The molecule has 0 aromatic heterocycles. The molecule has 0 saturated heterocycles. The smallest absolute Gasteiger partial charge is 0.416 e. The van der Waals surface area contributed by atoms with Gasteiger partial charge in [-0.1, -0.05) is 12.1 Å². The molecule has 1 aliphatic heterocycles. The largest absolute Gasteiger partial charge is 0.493 e. The van der Waals surface area contributed by atoms with Crippen LogP contribution >= 0.6 is 0 Å². The minimum absolute atomic E-state index is 0.363. The van der Waals surface area contributed by atoms with Crippen molar-refractivity contribution in [1.29, 1.82) is 0 Å². The topological polar surface area (TPSA) is 75.6 Å². The summed E-state index contributed by atoms with van der Waals surface area (Å²) in [5, 5.41) is 10.2. The molecule has 0 fully saturated rings. The molecule has 1 atom stereocenters. The monoisotopic (exact) mass is 387 g/mol. The van der Waals surface area contributed by atoms with Crippen LogP contribution in [0, 0.1) is 0 Å². The second kappa shape index (κ2) is 6.90. The minimum atomic E-state index is -4.64. The van der Waals surface area contributed by atoms with Gasteiger partial charge in [-0.25, -0.2) is 13.1 Å². The number of aliphatic hydroxyl groups is 1. The number of rotatable bonds is 5. The molecule has 0 saturated carbocycles. The number of fused-ring (bicyclic) bond motifs is 1. The Balaban J connectivity index is 1.72. The molecule has 2 aromatic rings. The van der Waals surface area contributed by atoms with E-state index < -0.39 is 32.8 Å². The Morgan fingerprint density at radius 3 is 2.69 bits per heavy atom. The molecule has 140 valence electrons. The quantitative estimate of drug-likeness (QED) is 0.827. The van der Waals surface area contributed by atoms with Gasteiger partial charge in [-0.2, -0.15) is 13.2 Å². The first-order valence-corrected chi connectivity index (χ1v) is 9.26. The summed E-state index contributed by atoms with van der Waals surface area (Å²) in [4.78, 5) is -0.512. The number of sulfonamides is 1. The fourth-order valence-corrected chi connectivity index (χ4v) is 3.73. The lowest BCUT2D eigenvalue weighted by atomic mass is 10.0. The lowest BCUT2D eigenvalue weighted by Gasteiger charge is -2.14. The van der Waals surface area contributed by atoms with Crippen LogP contribution in [0.5, 0.6) is 5.75 Å². The van der Waals surface area contributed by atoms with Crippen LogP contribution in [0.4, 0.5) is 13.2 Å². The molecular formula is C17H16F3NO4S. The van der Waals surface area contributed by atoms with Crippen molar-refractivity contribution in [2.24, 2.45) is 0 Å². The van der Waals surface area contributed by atoms with Gasteiger partial charge in [-0.05, 0) is 41.5 Å². The van der Waals surface area contributed by atoms with Crippen molar-refractivity contribution in [2.75, 3.05) is 13.2 Å². The number of nitrogens with one attached hydrogen (secondary N) is 1. The molecule has 2 N–H and O–H groups in total. The van der Waals surface area contributed by atoms with Gasteiger partial charge in [0.05, 0.1) is 23.2 Å². The Bertz CT molecular complexity index is 912. The second-order valence-electron chi connectivity index (χ2n) is 5.86. The molecule has 0 amide bonds. The second-order valence-corrected chi connectivity index (χ2v) is 7.63. The maximum Gasteiger partial charge on any atom is 0.416 e. The highest BCUT2D eigenvalue weighted by molar-refractivity contribution is 7.89. The first-order chi connectivity index (χ1) is 12.2. The molecular weight excluding hydrogens is 371 g/mol. The van der Waals surface area contributed by atoms with Crippen molar-refractivity contribution >= 4 is 10.0 Å². The van der Waals surface area contributed by atoms with Gasteiger partial charge in [0.2, 0.25) is 10.0 Å². The predicted octanol–water partition coefficient (Wildman–Crippen LogP) is 2.65. The van der Waals surface area contributed by atoms with E-state index in [1.165, 1.54) is 0 Å². The molecule has 1 aliphatic rings. The van der Waals surface area contributed by atoms with E-state index >= 15 is 0 Å². The summed E-state index contributed by atoms with van der Waals surface area (Å²) >= 11 is 0. The van der Waals surface area contributed by atoms with Crippen LogP contribution in [0.1, 0.15) is 22.8 Å². The number of benzene rings is 2. The molecule has 0 bridgehead atoms. The van der Waals surface area contributed by atoms with E-state index in [2.05, 4.69) is 4.72 Å². The Labute approximate surface area is 148 Å². The van der Waals surface area contributed by atoms with E-state index in [9.17, 15) is 26.7 Å². The van der Waals surface area contributed by atoms with Gasteiger partial charge in [0.25, 0.3) is 0 Å². The van der Waals surface area contributed by atoms with E-state index in [1.807, 2.05) is 0 Å². The van der Waals surface area contributed by atoms with Crippen LogP contribution in [0.15, 0.2) is 47.4 Å². The summed E-state index contributed by atoms with van der Waals surface area (Å²) in [5.41, 5.74) is 0.364. The number of aliphatic hydroxyl groups excluding tert-OH is 1. The fraction of sp³-hybridized carbons (Fsp3) is 0.294. The Morgan fingerprint density at radius 1 is 1.19 bits per heavy atom. The summed E-state index contributed by atoms with van der Waals surface area (Å²) < 4.78 is 70.2. The van der Waals surface area contributed by atoms with E-state index in [4.69, 9.17) is 4.74 Å². The van der Waals surface area contributed by atoms with Crippen LogP contribution in [-0.2, 0) is 22.6 Å². The number of alkyl halides is 3. The van der Waals surface area contributed by atoms with Crippen LogP contribution in [0.2, 0.25) is 0 Å². The molecule has 5 nitrogen and oxygen atoms in total. The van der Waals surface area contributed by atoms with Gasteiger partial charge in [0, 0.05) is 13.0 Å². The van der Waals surface area contributed by atoms with Gasteiger partial charge in [-0.15, -0.1) is 0 Å². The van der Waals surface area contributed by atoms with Gasteiger partial charge in [0.1, 0.15) is 5.75 Å². The SMILES string of the molecule is O=S(=O)(NCC(O)c1ccc2c(c1)CCO2)c1cccc(C(F)(F)F)c1. The predicted molar refractivity (Wildman–Crippen MR) is 87.2 cm³/mol. The average molecular weight is 387 g/mol. The van der Waals surface area contributed by atoms with Crippen LogP contribution in [0.25, 0.3) is 0 Å². The molecule has 1 unspecified atom stereocenters. The van der Waals surface area contributed by atoms with Crippen molar-refractivity contribution in [3.8, 4) is 5.75 Å². The summed E-state index contributed by atoms with van der Waals surface area (Å²) in [5.74, 6) is 0.727. The zero-order chi connectivity index (χ0) is 18.9. The van der Waals surface area contributed by atoms with Crippen LogP contribution in [0.3, 0.4) is 0 Å². The Kier molecular flexibility index (Phi) is 4.96. The maximum absolute atomic E-state index is 12.7. The minimum Gasteiger partial charge on any atom is -0.493 e. The average Bonchev–Trinajstić information content (AvgIpc) is 3.07. The molecule has 0 spiro atoms. The highest BCUT2D eigenvalue weighted by Crippen LogP contribution is 2.31. The van der Waals surface area contributed by atoms with Crippen molar-refractivity contribution in [2.45, 2.75) is 23.6 Å². The lowest BCUT2D eigenvalue weighted by Crippen LogP contribution is -2.28. The highest BCUT2D eigenvalue weighted by Gasteiger charge is 2.31. The van der Waals surface area contributed by atoms with E-state index in [0.717, 1.165) is 29.5 Å². The molecule has 1 heterocycles. The number of hydrogen-bond donors (Lipinski definition) is 2. The molecule has 2 aromatic carbocycles. The van der Waals surface area contributed by atoms with Gasteiger partial charge in [-0.3, -0.25) is 0 Å². The van der Waals surface area contributed by atoms with Crippen molar-refractivity contribution in [3.63, 3.8) is 0 Å². The summed E-state index contributed by atoms with van der Waals surface area (Å²) in [6.45, 7) is 0.190. The van der Waals surface area contributed by atoms with Crippen LogP contribution < -0.4 is 9.46 Å². The van der Waals surface area contributed by atoms with Crippen molar-refractivity contribution in [1.82, 2.24) is 4.72 Å². The van der Waals surface area contributed by atoms with Crippen molar-refractivity contribution < 1.29 is 31.4 Å². The molecule has 26 heavy (non-hydrogen) atoms. The fourth-order valence-electron chi connectivity index (χ4n) is 2.64. The van der Waals surface area contributed by atoms with Gasteiger partial charge < -0.3 is 9.84 Å². The Hall–Kier alpha value is -2.10. The van der Waals surface area contributed by atoms with Gasteiger partial charge >= 0.3 is 6.18 Å². The summed E-state index contributed by atoms with van der Waals surface area (Å²) in [6.07, 6.45) is -5.08. The molecule has 0 aliphatic carbocycles. The molecule has 9 heteroatoms. The third-order valence-electron chi connectivity index (χ3n) is 4.04. The first kappa shape index (κ1) is 18.7. The Morgan fingerprint density at radius 2 is 1.96 bits per heavy atom. The highest BCUT2D eigenvalue weighted by atomic mass is 32.2. The number of halogens is 3. The first-order valence-electron chi connectivity index (χ1n) is 7.77. The summed E-state index contributed by atoms with van der Waals surface area (Å²) in [6, 6.07) is 8.48. The number of hydrogen-bond acceptors (Lipinski definition) is 4. The molecule has 3 rings (SSSR count). The van der Waals surface area contributed by atoms with Crippen molar-refractivity contribution in [3.05, 3.63) is 59.2 Å². The third-order valence-corrected chi connectivity index (χ3v) is 5.46. The van der Waals surface area contributed by atoms with Gasteiger partial charge in [0.15, 0.2) is 0 Å². The summed E-state index contributed by atoms with van der Waals surface area (Å²) in [7, 11) is -4.19. The normalized spacial score (nSPS) is 15.4. The third kappa shape index (κ3) is 4.00. The van der Waals surface area contributed by atoms with E-state index in [1.54, 1.807) is 18.2 Å². The maximum atomic E-state index is 12.7. The number of ether oxygens (including phenoxy) is 1. The van der Waals surface area contributed by atoms with E-state index in [-0.39, 0.29) is 6.54 Å².